The fourth-order valence-corrected chi connectivity index (χ4v) is 4.83. The van der Waals surface area contributed by atoms with Gasteiger partial charge in [0.2, 0.25) is 11.8 Å². The topological polar surface area (TPSA) is 102 Å². The predicted octanol–water partition coefficient (Wildman–Crippen LogP) is 3.84. The molecule has 0 aliphatic rings. The van der Waals surface area contributed by atoms with E-state index >= 15 is 0 Å². The van der Waals surface area contributed by atoms with Crippen molar-refractivity contribution in [3.63, 3.8) is 0 Å². The molecule has 0 saturated carbocycles. The van der Waals surface area contributed by atoms with Crippen LogP contribution in [0.25, 0.3) is 11.3 Å². The molecule has 2 aromatic carbocycles. The van der Waals surface area contributed by atoms with Gasteiger partial charge in [-0.1, -0.05) is 72.4 Å². The largest absolute Gasteiger partial charge is 0.349 e. The van der Waals surface area contributed by atoms with Gasteiger partial charge in [-0.15, -0.1) is 21.5 Å². The second-order valence-corrected chi connectivity index (χ2v) is 9.67. The Morgan fingerprint density at radius 1 is 1.00 bits per heavy atom. The van der Waals surface area contributed by atoms with E-state index < -0.39 is 0 Å². The number of carbonyl (C=O) groups is 2. The van der Waals surface area contributed by atoms with Crippen LogP contribution in [-0.2, 0) is 29.6 Å². The first-order valence-corrected chi connectivity index (χ1v) is 12.4. The predicted molar refractivity (Wildman–Crippen MR) is 135 cm³/mol. The average molecular weight is 493 g/mol. The zero-order valence-corrected chi connectivity index (χ0v) is 20.4. The number of thioether (sulfide) groups is 1. The van der Waals surface area contributed by atoms with Crippen molar-refractivity contribution in [2.45, 2.75) is 25.0 Å². The van der Waals surface area contributed by atoms with Crippen LogP contribution in [-0.4, -0.2) is 37.3 Å². The number of hydrogen-bond acceptors (Lipinski definition) is 7. The zero-order chi connectivity index (χ0) is 23.9. The number of nitrogens with one attached hydrogen (secondary N) is 2. The first-order chi connectivity index (χ1) is 16.5. The maximum Gasteiger partial charge on any atom is 0.236 e. The Hall–Kier alpha value is -3.50. The summed E-state index contributed by atoms with van der Waals surface area (Å²) in [4.78, 5) is 30.3. The molecule has 2 N–H and O–H groups in total. The first-order valence-electron chi connectivity index (χ1n) is 10.6. The third-order valence-electron chi connectivity index (χ3n) is 5.00. The van der Waals surface area contributed by atoms with Crippen molar-refractivity contribution in [3.8, 4) is 11.3 Å². The van der Waals surface area contributed by atoms with E-state index in [0.29, 0.717) is 22.5 Å². The number of hydrogen-bond donors (Lipinski definition) is 2. The highest BCUT2D eigenvalue weighted by molar-refractivity contribution is 7.99. The Morgan fingerprint density at radius 2 is 1.71 bits per heavy atom. The summed E-state index contributed by atoms with van der Waals surface area (Å²) in [6, 6.07) is 19.4. The van der Waals surface area contributed by atoms with Gasteiger partial charge in [0, 0.05) is 17.5 Å². The van der Waals surface area contributed by atoms with Gasteiger partial charge in [0.1, 0.15) is 0 Å². The van der Waals surface area contributed by atoms with Crippen LogP contribution >= 0.6 is 23.1 Å². The Bertz CT molecular complexity index is 1270. The van der Waals surface area contributed by atoms with E-state index in [2.05, 4.69) is 25.8 Å². The molecule has 4 aromatic rings. The number of thiazole rings is 1. The molecule has 2 amide bonds. The van der Waals surface area contributed by atoms with Gasteiger partial charge < -0.3 is 15.2 Å². The molecule has 2 aromatic heterocycles. The Kier molecular flexibility index (Phi) is 7.71. The van der Waals surface area contributed by atoms with Gasteiger partial charge in [-0.05, 0) is 12.5 Å². The molecule has 0 unspecified atom stereocenters. The molecule has 2 heterocycles. The highest BCUT2D eigenvalue weighted by Crippen LogP contribution is 2.30. The number of benzene rings is 2. The van der Waals surface area contributed by atoms with Crippen molar-refractivity contribution in [2.24, 2.45) is 7.05 Å². The van der Waals surface area contributed by atoms with E-state index in [1.807, 2.05) is 74.6 Å². The van der Waals surface area contributed by atoms with Crippen LogP contribution in [0.4, 0.5) is 5.13 Å². The van der Waals surface area contributed by atoms with Crippen LogP contribution in [0.3, 0.4) is 0 Å². The lowest BCUT2D eigenvalue weighted by molar-refractivity contribution is -0.120. The number of anilines is 1. The standard InChI is InChI=1S/C24H24N6O2S2/c1-16-22(18-11-7-4-8-12-18)27-23(34-16)26-21(32)15-33-24-29-28-19(30(24)2)14-25-20(31)13-17-9-5-3-6-10-17/h3-12H,13-15H2,1-2H3,(H,25,31)(H,26,27,32). The van der Waals surface area contributed by atoms with Crippen molar-refractivity contribution in [3.05, 3.63) is 76.9 Å². The molecule has 0 aliphatic carbocycles. The summed E-state index contributed by atoms with van der Waals surface area (Å²) < 4.78 is 1.78. The highest BCUT2D eigenvalue weighted by atomic mass is 32.2. The van der Waals surface area contributed by atoms with E-state index in [1.54, 1.807) is 4.57 Å². The monoisotopic (exact) mass is 492 g/mol. The maximum atomic E-state index is 12.5. The van der Waals surface area contributed by atoms with Gasteiger partial charge in [-0.25, -0.2) is 4.98 Å². The molecule has 0 aliphatic heterocycles. The van der Waals surface area contributed by atoms with Crippen LogP contribution in [0.15, 0.2) is 65.8 Å². The van der Waals surface area contributed by atoms with Crippen molar-refractivity contribution in [1.82, 2.24) is 25.1 Å². The first kappa shape index (κ1) is 23.7. The highest BCUT2D eigenvalue weighted by Gasteiger charge is 2.15. The molecule has 174 valence electrons. The van der Waals surface area contributed by atoms with Gasteiger partial charge >= 0.3 is 0 Å². The number of aryl methyl sites for hydroxylation is 1. The van der Waals surface area contributed by atoms with E-state index in [-0.39, 0.29) is 24.1 Å². The molecule has 10 heteroatoms. The van der Waals surface area contributed by atoms with Crippen LogP contribution in [0.2, 0.25) is 0 Å². The van der Waals surface area contributed by atoms with Crippen molar-refractivity contribution >= 4 is 40.0 Å². The zero-order valence-electron chi connectivity index (χ0n) is 18.8. The lowest BCUT2D eigenvalue weighted by Crippen LogP contribution is -2.26. The fourth-order valence-electron chi connectivity index (χ4n) is 3.25. The average Bonchev–Trinajstić information content (AvgIpc) is 3.39. The van der Waals surface area contributed by atoms with Gasteiger partial charge in [0.05, 0.1) is 24.4 Å². The van der Waals surface area contributed by atoms with E-state index in [0.717, 1.165) is 21.7 Å². The summed E-state index contributed by atoms with van der Waals surface area (Å²) in [5, 5.41) is 15.2. The number of rotatable bonds is 9. The molecule has 34 heavy (non-hydrogen) atoms. The molecule has 0 atom stereocenters. The number of nitrogens with zero attached hydrogens (tertiary/aromatic N) is 4. The maximum absolute atomic E-state index is 12.5. The van der Waals surface area contributed by atoms with E-state index in [1.165, 1.54) is 23.1 Å². The lowest BCUT2D eigenvalue weighted by Gasteiger charge is -2.06. The number of carbonyl (C=O) groups excluding carboxylic acids is 2. The molecular formula is C24H24N6O2S2. The van der Waals surface area contributed by atoms with Gasteiger partial charge in [-0.3, -0.25) is 9.59 Å². The van der Waals surface area contributed by atoms with Crippen molar-refractivity contribution in [2.75, 3.05) is 11.1 Å². The summed E-state index contributed by atoms with van der Waals surface area (Å²) >= 11 is 2.73. The molecule has 0 spiro atoms. The third kappa shape index (κ3) is 6.09. The molecule has 0 radical (unpaired) electrons. The molecular weight excluding hydrogens is 468 g/mol. The summed E-state index contributed by atoms with van der Waals surface area (Å²) in [5.74, 6) is 0.536. The van der Waals surface area contributed by atoms with Gasteiger partial charge in [-0.2, -0.15) is 0 Å². The van der Waals surface area contributed by atoms with Crippen LogP contribution < -0.4 is 10.6 Å². The summed E-state index contributed by atoms with van der Waals surface area (Å²) in [7, 11) is 1.81. The minimum absolute atomic E-state index is 0.0867. The van der Waals surface area contributed by atoms with Gasteiger partial charge in [0.25, 0.3) is 0 Å². The minimum atomic E-state index is -0.168. The minimum Gasteiger partial charge on any atom is -0.349 e. The van der Waals surface area contributed by atoms with E-state index in [4.69, 9.17) is 0 Å². The SMILES string of the molecule is Cc1sc(NC(=O)CSc2nnc(CNC(=O)Cc3ccccc3)n2C)nc1-c1ccccc1. The Morgan fingerprint density at radius 3 is 2.44 bits per heavy atom. The molecule has 0 bridgehead atoms. The third-order valence-corrected chi connectivity index (χ3v) is 6.91. The smallest absolute Gasteiger partial charge is 0.236 e. The van der Waals surface area contributed by atoms with Crippen molar-refractivity contribution < 1.29 is 9.59 Å². The molecule has 8 nitrogen and oxygen atoms in total. The quantitative estimate of drug-likeness (QED) is 0.344. The Labute approximate surface area is 205 Å². The number of amides is 2. The summed E-state index contributed by atoms with van der Waals surface area (Å²) in [6.07, 6.45) is 0.308. The summed E-state index contributed by atoms with van der Waals surface area (Å²) in [5.41, 5.74) is 2.85. The summed E-state index contributed by atoms with van der Waals surface area (Å²) in [6.45, 7) is 2.26. The second-order valence-electron chi connectivity index (χ2n) is 7.52. The van der Waals surface area contributed by atoms with Crippen molar-refractivity contribution in [1.29, 1.82) is 0 Å². The van der Waals surface area contributed by atoms with Crippen LogP contribution in [0.1, 0.15) is 16.3 Å². The number of aromatic nitrogens is 4. The fraction of sp³-hybridized carbons (Fsp3) is 0.208. The molecule has 0 saturated heterocycles. The molecule has 0 fully saturated rings. The normalized spacial score (nSPS) is 10.8. The lowest BCUT2D eigenvalue weighted by atomic mass is 10.1. The van der Waals surface area contributed by atoms with Crippen LogP contribution in [0, 0.1) is 6.92 Å². The van der Waals surface area contributed by atoms with E-state index in [9.17, 15) is 9.59 Å². The second kappa shape index (κ2) is 11.1. The Balaban J connectivity index is 1.27. The van der Waals surface area contributed by atoms with Crippen LogP contribution in [0.5, 0.6) is 0 Å². The molecule has 4 rings (SSSR count). The van der Waals surface area contributed by atoms with Gasteiger partial charge in [0.15, 0.2) is 16.1 Å².